The van der Waals surface area contributed by atoms with Crippen molar-refractivity contribution in [2.24, 2.45) is 5.73 Å². The van der Waals surface area contributed by atoms with Crippen LogP contribution in [0.25, 0.3) is 5.69 Å². The van der Waals surface area contributed by atoms with Crippen LogP contribution in [0.15, 0.2) is 29.1 Å². The third-order valence-electron chi connectivity index (χ3n) is 2.74. The van der Waals surface area contributed by atoms with Crippen molar-refractivity contribution in [2.45, 2.75) is 13.0 Å². The highest BCUT2D eigenvalue weighted by molar-refractivity contribution is 9.10. The van der Waals surface area contributed by atoms with Gasteiger partial charge in [0.15, 0.2) is 0 Å². The molecule has 1 atom stereocenters. The van der Waals surface area contributed by atoms with Gasteiger partial charge in [-0.25, -0.2) is 9.37 Å². The summed E-state index contributed by atoms with van der Waals surface area (Å²) in [5.74, 6) is -0.315. The van der Waals surface area contributed by atoms with Crippen molar-refractivity contribution in [2.75, 3.05) is 6.61 Å². The standard InChI is InChI=1S/C12H13BrFN3O/c1-7-2-9(14)8(13)3-11(7)17-6-16-4-12(17)10(15)5-18/h2-4,6,10,18H,5,15H2,1H3. The van der Waals surface area contributed by atoms with E-state index in [1.165, 1.54) is 6.07 Å². The number of rotatable bonds is 3. The molecule has 0 saturated carbocycles. The molecule has 3 N–H and O–H groups in total. The fourth-order valence-corrected chi connectivity index (χ4v) is 2.10. The Morgan fingerprint density at radius 2 is 2.28 bits per heavy atom. The summed E-state index contributed by atoms with van der Waals surface area (Å²) in [7, 11) is 0. The molecule has 0 aliphatic rings. The van der Waals surface area contributed by atoms with Crippen LogP contribution in [0, 0.1) is 12.7 Å². The molecular formula is C12H13BrFN3O. The number of aliphatic hydroxyl groups is 1. The minimum Gasteiger partial charge on any atom is -0.394 e. The highest BCUT2D eigenvalue weighted by Gasteiger charge is 2.14. The average molecular weight is 314 g/mol. The maximum Gasteiger partial charge on any atom is 0.137 e. The number of aliphatic hydroxyl groups excluding tert-OH is 1. The maximum absolute atomic E-state index is 13.4. The topological polar surface area (TPSA) is 64.1 Å². The minimum atomic E-state index is -0.518. The lowest BCUT2D eigenvalue weighted by atomic mass is 10.1. The molecule has 4 nitrogen and oxygen atoms in total. The van der Waals surface area contributed by atoms with Gasteiger partial charge in [-0.2, -0.15) is 0 Å². The first-order valence-corrected chi connectivity index (χ1v) is 6.18. The third-order valence-corrected chi connectivity index (χ3v) is 3.35. The third kappa shape index (κ3) is 2.31. The zero-order valence-electron chi connectivity index (χ0n) is 9.77. The van der Waals surface area contributed by atoms with Crippen molar-refractivity contribution in [3.05, 3.63) is 46.2 Å². The Bertz CT molecular complexity index is 570. The van der Waals surface area contributed by atoms with Gasteiger partial charge in [0.1, 0.15) is 5.82 Å². The summed E-state index contributed by atoms with van der Waals surface area (Å²) in [6.07, 6.45) is 3.19. The van der Waals surface area contributed by atoms with E-state index in [0.29, 0.717) is 10.2 Å². The van der Waals surface area contributed by atoms with Gasteiger partial charge in [0.25, 0.3) is 0 Å². The summed E-state index contributed by atoms with van der Waals surface area (Å²) in [6.45, 7) is 1.63. The summed E-state index contributed by atoms with van der Waals surface area (Å²) in [6, 6.07) is 2.59. The zero-order chi connectivity index (χ0) is 13.3. The quantitative estimate of drug-likeness (QED) is 0.912. The first-order valence-electron chi connectivity index (χ1n) is 5.39. The molecule has 96 valence electrons. The lowest BCUT2D eigenvalue weighted by molar-refractivity contribution is 0.265. The Labute approximate surface area is 112 Å². The van der Waals surface area contributed by atoms with Gasteiger partial charge < -0.3 is 15.4 Å². The number of benzene rings is 1. The van der Waals surface area contributed by atoms with E-state index in [4.69, 9.17) is 10.8 Å². The molecule has 0 radical (unpaired) electrons. The Balaban J connectivity index is 2.56. The van der Waals surface area contributed by atoms with Crippen molar-refractivity contribution in [1.29, 1.82) is 0 Å². The van der Waals surface area contributed by atoms with E-state index < -0.39 is 6.04 Å². The molecular weight excluding hydrogens is 301 g/mol. The van der Waals surface area contributed by atoms with Crippen molar-refractivity contribution in [1.82, 2.24) is 9.55 Å². The highest BCUT2D eigenvalue weighted by Crippen LogP contribution is 2.25. The van der Waals surface area contributed by atoms with E-state index in [1.54, 1.807) is 30.1 Å². The van der Waals surface area contributed by atoms with Gasteiger partial charge in [-0.1, -0.05) is 0 Å². The summed E-state index contributed by atoms with van der Waals surface area (Å²) in [5, 5.41) is 9.11. The maximum atomic E-state index is 13.4. The second kappa shape index (κ2) is 5.17. The SMILES string of the molecule is Cc1cc(F)c(Br)cc1-n1cncc1C(N)CO. The predicted molar refractivity (Wildman–Crippen MR) is 70.0 cm³/mol. The minimum absolute atomic E-state index is 0.174. The fraction of sp³-hybridized carbons (Fsp3) is 0.250. The molecule has 0 spiro atoms. The molecule has 6 heteroatoms. The van der Waals surface area contributed by atoms with Crippen LogP contribution in [-0.2, 0) is 0 Å². The molecule has 0 aliphatic heterocycles. The van der Waals surface area contributed by atoms with E-state index in [1.807, 2.05) is 0 Å². The number of nitrogens with two attached hydrogens (primary N) is 1. The molecule has 0 amide bonds. The van der Waals surface area contributed by atoms with Crippen LogP contribution in [0.4, 0.5) is 4.39 Å². The van der Waals surface area contributed by atoms with Gasteiger partial charge in [0.2, 0.25) is 0 Å². The molecule has 1 unspecified atom stereocenters. The molecule has 1 heterocycles. The monoisotopic (exact) mass is 313 g/mol. The van der Waals surface area contributed by atoms with E-state index in [2.05, 4.69) is 20.9 Å². The first kappa shape index (κ1) is 13.2. The average Bonchev–Trinajstić information content (AvgIpc) is 2.81. The second-order valence-corrected chi connectivity index (χ2v) is 4.88. The lowest BCUT2D eigenvalue weighted by Gasteiger charge is -2.15. The number of hydrogen-bond acceptors (Lipinski definition) is 3. The van der Waals surface area contributed by atoms with Gasteiger partial charge in [-0.05, 0) is 40.5 Å². The zero-order valence-corrected chi connectivity index (χ0v) is 11.4. The normalized spacial score (nSPS) is 12.7. The van der Waals surface area contributed by atoms with Crippen LogP contribution in [0.5, 0.6) is 0 Å². The van der Waals surface area contributed by atoms with E-state index in [0.717, 1.165) is 11.3 Å². The van der Waals surface area contributed by atoms with Crippen molar-refractivity contribution < 1.29 is 9.50 Å². The molecule has 0 aliphatic carbocycles. The number of aromatic nitrogens is 2. The Morgan fingerprint density at radius 1 is 1.56 bits per heavy atom. The van der Waals surface area contributed by atoms with Gasteiger partial charge in [-0.15, -0.1) is 0 Å². The van der Waals surface area contributed by atoms with E-state index >= 15 is 0 Å². The Morgan fingerprint density at radius 3 is 2.94 bits per heavy atom. The fourth-order valence-electron chi connectivity index (χ4n) is 1.77. The lowest BCUT2D eigenvalue weighted by Crippen LogP contribution is -2.18. The molecule has 0 bridgehead atoms. The Hall–Kier alpha value is -1.24. The summed E-state index contributed by atoms with van der Waals surface area (Å²) >= 11 is 3.16. The molecule has 1 aromatic carbocycles. The summed E-state index contributed by atoms with van der Waals surface area (Å²) < 4.78 is 15.5. The van der Waals surface area contributed by atoms with Gasteiger partial charge in [-0.3, -0.25) is 0 Å². The molecule has 2 aromatic rings. The first-order chi connectivity index (χ1) is 8.54. The van der Waals surface area contributed by atoms with Crippen LogP contribution >= 0.6 is 15.9 Å². The molecule has 2 rings (SSSR count). The highest BCUT2D eigenvalue weighted by atomic mass is 79.9. The van der Waals surface area contributed by atoms with Gasteiger partial charge in [0, 0.05) is 0 Å². The van der Waals surface area contributed by atoms with Crippen molar-refractivity contribution >= 4 is 15.9 Å². The van der Waals surface area contributed by atoms with Crippen LogP contribution in [0.2, 0.25) is 0 Å². The molecule has 1 aromatic heterocycles. The Kier molecular flexibility index (Phi) is 3.79. The summed E-state index contributed by atoms with van der Waals surface area (Å²) in [4.78, 5) is 4.02. The van der Waals surface area contributed by atoms with Crippen LogP contribution in [0.3, 0.4) is 0 Å². The van der Waals surface area contributed by atoms with Gasteiger partial charge in [0.05, 0.1) is 41.0 Å². The van der Waals surface area contributed by atoms with Crippen LogP contribution in [0.1, 0.15) is 17.3 Å². The predicted octanol–water partition coefficient (Wildman–Crippen LogP) is 2.07. The number of halogens is 2. The molecule has 0 fully saturated rings. The van der Waals surface area contributed by atoms with Crippen molar-refractivity contribution in [3.8, 4) is 5.69 Å². The number of nitrogens with zero attached hydrogens (tertiary/aromatic N) is 2. The second-order valence-electron chi connectivity index (χ2n) is 4.03. The number of aryl methyl sites for hydroxylation is 1. The smallest absolute Gasteiger partial charge is 0.137 e. The number of imidazole rings is 1. The van der Waals surface area contributed by atoms with Gasteiger partial charge >= 0.3 is 0 Å². The van der Waals surface area contributed by atoms with Crippen LogP contribution < -0.4 is 5.73 Å². The molecule has 18 heavy (non-hydrogen) atoms. The summed E-state index contributed by atoms with van der Waals surface area (Å²) in [5.41, 5.74) is 8.02. The largest absolute Gasteiger partial charge is 0.394 e. The van der Waals surface area contributed by atoms with Crippen molar-refractivity contribution in [3.63, 3.8) is 0 Å². The van der Waals surface area contributed by atoms with E-state index in [-0.39, 0.29) is 12.4 Å². The molecule has 0 saturated heterocycles. The number of hydrogen-bond donors (Lipinski definition) is 2. The van der Waals surface area contributed by atoms with Crippen LogP contribution in [-0.4, -0.2) is 21.3 Å². The van der Waals surface area contributed by atoms with E-state index in [9.17, 15) is 4.39 Å².